The summed E-state index contributed by atoms with van der Waals surface area (Å²) in [6, 6.07) is 9.88. The highest BCUT2D eigenvalue weighted by Gasteiger charge is 2.51. The molecule has 0 amide bonds. The van der Waals surface area contributed by atoms with Crippen LogP contribution in [0, 0.1) is 19.3 Å². The van der Waals surface area contributed by atoms with Crippen molar-refractivity contribution >= 4 is 28.8 Å². The number of fused-ring (bicyclic) bond motifs is 1. The Morgan fingerprint density at radius 1 is 1.18 bits per heavy atom. The molecule has 2 atom stereocenters. The van der Waals surface area contributed by atoms with Crippen LogP contribution in [0.15, 0.2) is 40.9 Å². The van der Waals surface area contributed by atoms with Crippen molar-refractivity contribution < 1.29 is 23.6 Å². The Bertz CT molecular complexity index is 1800. The minimum atomic E-state index is -1.55. The zero-order chi connectivity index (χ0) is 35.2. The molecule has 1 saturated heterocycles. The Hall–Kier alpha value is -3.87. The van der Waals surface area contributed by atoms with Gasteiger partial charge in [-0.3, -0.25) is 9.69 Å². The van der Waals surface area contributed by atoms with E-state index in [-0.39, 0.29) is 0 Å². The smallest absolute Gasteiger partial charge is 0.310 e. The molecule has 49 heavy (non-hydrogen) atoms. The molecule has 6 rings (SSSR count). The summed E-state index contributed by atoms with van der Waals surface area (Å²) in [6.45, 7) is 13.7. The molecule has 3 aromatic rings. The number of aromatic nitrogens is 2. The third-order valence-electron chi connectivity index (χ3n) is 10.3. The molecule has 11 nitrogen and oxygen atoms in total. The molecule has 1 saturated carbocycles. The predicted octanol–water partition coefficient (Wildman–Crippen LogP) is 5.11. The van der Waals surface area contributed by atoms with Crippen LogP contribution in [0.3, 0.4) is 0 Å². The molecule has 5 N–H and O–H groups in total. The molecule has 1 aliphatic carbocycles. The lowest BCUT2D eigenvalue weighted by atomic mass is 9.72. The number of pyridine rings is 1. The lowest BCUT2D eigenvalue weighted by Gasteiger charge is -2.32. The first-order valence-corrected chi connectivity index (χ1v) is 18.2. The number of nitrogens with two attached hydrogens (primary N) is 2. The van der Waals surface area contributed by atoms with Crippen LogP contribution in [0.2, 0.25) is 0 Å². The zero-order valence-electron chi connectivity index (χ0n) is 29.5. The minimum absolute atomic E-state index is 0.382. The van der Waals surface area contributed by atoms with E-state index in [2.05, 4.69) is 11.0 Å². The van der Waals surface area contributed by atoms with Crippen LogP contribution in [0.25, 0.3) is 6.08 Å². The highest BCUT2D eigenvalue weighted by Crippen LogP contribution is 2.47. The van der Waals surface area contributed by atoms with Gasteiger partial charge < -0.3 is 30.6 Å². The van der Waals surface area contributed by atoms with Gasteiger partial charge in [0.15, 0.2) is 0 Å². The summed E-state index contributed by atoms with van der Waals surface area (Å²) in [4.78, 5) is 20.5. The third kappa shape index (κ3) is 7.09. The van der Waals surface area contributed by atoms with Crippen molar-refractivity contribution in [3.63, 3.8) is 0 Å². The standard InChI is InChI=1S/C37H50N6O5S/c1-23-9-10-26(31(36(4,5)35(44)45)29-20-27(18-25(3)38)32(39)41(29)6)19-28(23)21-43-22-37(11-12-37)48-34-30(49(43)46)17-24(2)33(40-34)47-16-15-42-13-7-8-14-42/h9-10,17-20,31H,7-8,11-16,21-22,38-39H2,1-6H3,(H,44,45)/b25-18-. The van der Waals surface area contributed by atoms with Gasteiger partial charge in [0.25, 0.3) is 0 Å². The largest absolute Gasteiger partial charge is 0.481 e. The Morgan fingerprint density at radius 2 is 1.90 bits per heavy atom. The summed E-state index contributed by atoms with van der Waals surface area (Å²) in [6.07, 6.45) is 5.96. The number of rotatable bonds is 11. The quantitative estimate of drug-likeness (QED) is 0.250. The number of ether oxygens (including phenoxy) is 2. The Balaban J connectivity index is 1.32. The van der Waals surface area contributed by atoms with E-state index in [4.69, 9.17) is 25.9 Å². The van der Waals surface area contributed by atoms with E-state index in [0.29, 0.717) is 47.9 Å². The maximum Gasteiger partial charge on any atom is 0.310 e. The lowest BCUT2D eigenvalue weighted by Crippen LogP contribution is -2.36. The average molecular weight is 691 g/mol. The molecule has 2 unspecified atom stereocenters. The van der Waals surface area contributed by atoms with Gasteiger partial charge in [-0.15, -0.1) is 0 Å². The van der Waals surface area contributed by atoms with Crippen LogP contribution in [-0.2, 0) is 29.4 Å². The van der Waals surface area contributed by atoms with E-state index >= 15 is 0 Å². The topological polar surface area (TPSA) is 149 Å². The van der Waals surface area contributed by atoms with E-state index in [1.807, 2.05) is 54.0 Å². The van der Waals surface area contributed by atoms with Crippen LogP contribution >= 0.6 is 0 Å². The van der Waals surface area contributed by atoms with Gasteiger partial charge in [-0.05, 0) is 108 Å². The van der Waals surface area contributed by atoms with E-state index < -0.39 is 33.9 Å². The Kier molecular flexibility index (Phi) is 9.60. The second-order valence-electron chi connectivity index (χ2n) is 14.6. The molecule has 2 fully saturated rings. The molecule has 2 aliphatic heterocycles. The number of aryl methyl sites for hydroxylation is 2. The zero-order valence-corrected chi connectivity index (χ0v) is 30.4. The molecule has 3 aliphatic rings. The molecule has 1 aromatic carbocycles. The van der Waals surface area contributed by atoms with E-state index in [1.54, 1.807) is 26.8 Å². The van der Waals surface area contributed by atoms with Gasteiger partial charge in [0.2, 0.25) is 11.8 Å². The van der Waals surface area contributed by atoms with E-state index in [1.165, 1.54) is 12.8 Å². The van der Waals surface area contributed by atoms with E-state index in [0.717, 1.165) is 66.0 Å². The Labute approximate surface area is 291 Å². The number of nitrogens with zero attached hydrogens (tertiary/aromatic N) is 4. The number of benzene rings is 1. The van der Waals surface area contributed by atoms with Gasteiger partial charge in [-0.25, -0.2) is 8.51 Å². The number of hydrogen-bond acceptors (Lipinski definition) is 8. The molecular formula is C37H50N6O5S. The van der Waals surface area contributed by atoms with Gasteiger partial charge in [0.05, 0.1) is 12.0 Å². The summed E-state index contributed by atoms with van der Waals surface area (Å²) in [5, 5.41) is 10.4. The van der Waals surface area contributed by atoms with Gasteiger partial charge in [0, 0.05) is 48.6 Å². The number of carboxylic acids is 1. The molecule has 264 valence electrons. The number of carbonyl (C=O) groups is 1. The molecule has 4 heterocycles. The number of aliphatic carboxylic acids is 1. The second-order valence-corrected chi connectivity index (χ2v) is 16.1. The minimum Gasteiger partial charge on any atom is -0.481 e. The summed E-state index contributed by atoms with van der Waals surface area (Å²) < 4.78 is 30.8. The van der Waals surface area contributed by atoms with Crippen LogP contribution < -0.4 is 20.9 Å². The van der Waals surface area contributed by atoms with Crippen molar-refractivity contribution in [3.8, 4) is 11.8 Å². The highest BCUT2D eigenvalue weighted by atomic mass is 32.2. The van der Waals surface area contributed by atoms with Gasteiger partial charge in [-0.2, -0.15) is 4.98 Å². The van der Waals surface area contributed by atoms with Crippen molar-refractivity contribution in [2.45, 2.75) is 83.3 Å². The van der Waals surface area contributed by atoms with Gasteiger partial charge in [-0.1, -0.05) is 18.2 Å². The normalized spacial score (nSPS) is 20.1. The predicted molar refractivity (Wildman–Crippen MR) is 192 cm³/mol. The van der Waals surface area contributed by atoms with Crippen molar-refractivity contribution in [3.05, 3.63) is 69.5 Å². The molecule has 12 heteroatoms. The van der Waals surface area contributed by atoms with Crippen LogP contribution in [0.5, 0.6) is 11.8 Å². The van der Waals surface area contributed by atoms with Crippen molar-refractivity contribution in [2.24, 2.45) is 18.2 Å². The molecule has 0 radical (unpaired) electrons. The summed E-state index contributed by atoms with van der Waals surface area (Å²) in [7, 11) is 0.298. The number of anilines is 1. The highest BCUT2D eigenvalue weighted by molar-refractivity contribution is 7.82. The molecule has 2 aromatic heterocycles. The summed E-state index contributed by atoms with van der Waals surface area (Å²) in [5.41, 5.74) is 16.6. The first kappa shape index (κ1) is 35.0. The molecular weight excluding hydrogens is 641 g/mol. The fourth-order valence-corrected chi connectivity index (χ4v) is 8.46. The van der Waals surface area contributed by atoms with Gasteiger partial charge in [0.1, 0.15) is 33.9 Å². The fraction of sp³-hybridized carbons (Fsp3) is 0.514. The van der Waals surface area contributed by atoms with Gasteiger partial charge >= 0.3 is 5.97 Å². The molecule has 1 spiro atoms. The number of hydrogen-bond donors (Lipinski definition) is 3. The van der Waals surface area contributed by atoms with Crippen LogP contribution in [0.4, 0.5) is 5.82 Å². The second kappa shape index (κ2) is 13.4. The number of allylic oxidation sites excluding steroid dienone is 1. The first-order valence-electron chi connectivity index (χ1n) is 17.1. The maximum atomic E-state index is 14.3. The third-order valence-corrected chi connectivity index (χ3v) is 11.7. The average Bonchev–Trinajstić information content (AvgIpc) is 3.51. The van der Waals surface area contributed by atoms with Crippen molar-refractivity contribution in [2.75, 3.05) is 38.5 Å². The number of nitrogen functional groups attached to an aromatic ring is 1. The van der Waals surface area contributed by atoms with E-state index in [9.17, 15) is 14.1 Å². The first-order chi connectivity index (χ1) is 23.2. The summed E-state index contributed by atoms with van der Waals surface area (Å²) >= 11 is 0. The Morgan fingerprint density at radius 3 is 2.55 bits per heavy atom. The SMILES string of the molecule is C/C(N)=C/c1cc(C(c2ccc(C)c(CN3CC4(CC4)Oc4nc(OCCN5CCCC5)c(C)cc4S3=O)c2)C(C)(C)C(=O)O)n(C)c1N. The summed E-state index contributed by atoms with van der Waals surface area (Å²) in [5.74, 6) is -0.0484. The van der Waals surface area contributed by atoms with Crippen LogP contribution in [0.1, 0.15) is 85.9 Å². The lowest BCUT2D eigenvalue weighted by molar-refractivity contribution is -0.147. The fourth-order valence-electron chi connectivity index (χ4n) is 7.06. The number of carboxylic acid groups (broad SMARTS) is 1. The van der Waals surface area contributed by atoms with Crippen molar-refractivity contribution in [1.29, 1.82) is 0 Å². The maximum absolute atomic E-state index is 14.3. The monoisotopic (exact) mass is 690 g/mol. The molecule has 0 bridgehead atoms. The van der Waals surface area contributed by atoms with Crippen molar-refractivity contribution in [1.82, 2.24) is 18.8 Å². The number of likely N-dealkylation sites (tertiary alicyclic amines) is 1. The van der Waals surface area contributed by atoms with Crippen LogP contribution in [-0.4, -0.2) is 72.4 Å².